The van der Waals surface area contributed by atoms with Crippen LogP contribution in [0.3, 0.4) is 0 Å². The molecule has 0 aromatic heterocycles. The third kappa shape index (κ3) is 5.06. The number of nitrogens with one attached hydrogen (secondary N) is 1. The van der Waals surface area contributed by atoms with Gasteiger partial charge in [-0.05, 0) is 24.0 Å². The first-order valence-corrected chi connectivity index (χ1v) is 6.24. The summed E-state index contributed by atoms with van der Waals surface area (Å²) in [4.78, 5) is 21.1. The maximum Gasteiger partial charge on any atom is 0.303 e. The molecule has 5 heteroatoms. The Balaban J connectivity index is 2.04. The molecule has 0 aliphatic heterocycles. The third-order valence-electron chi connectivity index (χ3n) is 2.51. The molecule has 0 radical (unpaired) electrons. The Kier molecular flexibility index (Phi) is 4.45. The van der Waals surface area contributed by atoms with Crippen LogP contribution in [0.5, 0.6) is 0 Å². The van der Waals surface area contributed by atoms with Gasteiger partial charge in [-0.3, -0.25) is 9.59 Å². The van der Waals surface area contributed by atoms with E-state index in [-0.39, 0.29) is 11.3 Å². The minimum atomic E-state index is -0.699. The van der Waals surface area contributed by atoms with Gasteiger partial charge in [0.25, 0.3) is 0 Å². The fraction of sp³-hybridized carbons (Fsp3) is 0.800. The summed E-state index contributed by atoms with van der Waals surface area (Å²) in [7, 11) is 0. The second-order valence-corrected chi connectivity index (χ2v) is 5.21. The van der Waals surface area contributed by atoms with Gasteiger partial charge in [0.2, 0.25) is 5.91 Å². The standard InChI is InChI=1S/C10H17NO3S/c1-8(12)11-4-5-15-7-10(2-3-10)6-9(13)14/h2-7H2,1H3,(H,11,12)(H,13,14). The Morgan fingerprint density at radius 1 is 1.47 bits per heavy atom. The highest BCUT2D eigenvalue weighted by molar-refractivity contribution is 7.99. The maximum absolute atomic E-state index is 10.6. The van der Waals surface area contributed by atoms with Crippen LogP contribution in [-0.4, -0.2) is 35.0 Å². The van der Waals surface area contributed by atoms with Gasteiger partial charge in [0, 0.05) is 19.2 Å². The van der Waals surface area contributed by atoms with Gasteiger partial charge in [0.15, 0.2) is 0 Å². The number of thioether (sulfide) groups is 1. The van der Waals surface area contributed by atoms with E-state index in [4.69, 9.17) is 5.11 Å². The van der Waals surface area contributed by atoms with Gasteiger partial charge in [-0.2, -0.15) is 11.8 Å². The lowest BCUT2D eigenvalue weighted by Gasteiger charge is -2.11. The minimum Gasteiger partial charge on any atom is -0.481 e. The Morgan fingerprint density at radius 2 is 2.13 bits per heavy atom. The molecule has 15 heavy (non-hydrogen) atoms. The average Bonchev–Trinajstić information content (AvgIpc) is 2.83. The lowest BCUT2D eigenvalue weighted by molar-refractivity contribution is -0.138. The molecule has 0 bridgehead atoms. The first kappa shape index (κ1) is 12.4. The molecular weight excluding hydrogens is 214 g/mol. The number of aliphatic carboxylic acids is 1. The molecule has 86 valence electrons. The van der Waals surface area contributed by atoms with Gasteiger partial charge < -0.3 is 10.4 Å². The summed E-state index contributed by atoms with van der Waals surface area (Å²) in [5, 5.41) is 11.4. The van der Waals surface area contributed by atoms with Crippen LogP contribution < -0.4 is 5.32 Å². The van der Waals surface area contributed by atoms with Crippen molar-refractivity contribution in [2.24, 2.45) is 5.41 Å². The van der Waals surface area contributed by atoms with Crippen molar-refractivity contribution in [3.63, 3.8) is 0 Å². The van der Waals surface area contributed by atoms with E-state index < -0.39 is 5.97 Å². The van der Waals surface area contributed by atoms with Crippen LogP contribution in [0.15, 0.2) is 0 Å². The van der Waals surface area contributed by atoms with E-state index in [1.54, 1.807) is 11.8 Å². The summed E-state index contributed by atoms with van der Waals surface area (Å²) in [6.07, 6.45) is 2.36. The van der Waals surface area contributed by atoms with Crippen LogP contribution in [0.25, 0.3) is 0 Å². The molecule has 1 rings (SSSR count). The monoisotopic (exact) mass is 231 g/mol. The molecule has 1 aliphatic rings. The van der Waals surface area contributed by atoms with Gasteiger partial charge in [-0.25, -0.2) is 0 Å². The first-order valence-electron chi connectivity index (χ1n) is 5.08. The number of hydrogen-bond acceptors (Lipinski definition) is 3. The smallest absolute Gasteiger partial charge is 0.303 e. The van der Waals surface area contributed by atoms with Gasteiger partial charge in [-0.15, -0.1) is 0 Å². The summed E-state index contributed by atoms with van der Waals surface area (Å²) >= 11 is 1.73. The van der Waals surface area contributed by atoms with Gasteiger partial charge in [-0.1, -0.05) is 0 Å². The average molecular weight is 231 g/mol. The summed E-state index contributed by atoms with van der Waals surface area (Å²) in [6.45, 7) is 2.17. The number of carboxylic acids is 1. The molecule has 1 saturated carbocycles. The van der Waals surface area contributed by atoms with Gasteiger partial charge in [0.1, 0.15) is 0 Å². The van der Waals surface area contributed by atoms with Crippen LogP contribution in [0.4, 0.5) is 0 Å². The SMILES string of the molecule is CC(=O)NCCSCC1(CC(=O)O)CC1. The zero-order chi connectivity index (χ0) is 11.3. The Morgan fingerprint density at radius 3 is 2.60 bits per heavy atom. The van der Waals surface area contributed by atoms with E-state index in [0.717, 1.165) is 24.3 Å². The molecule has 2 N–H and O–H groups in total. The minimum absolute atomic E-state index is 0.0118. The highest BCUT2D eigenvalue weighted by atomic mass is 32.2. The number of hydrogen-bond donors (Lipinski definition) is 2. The van der Waals surface area contributed by atoms with Crippen molar-refractivity contribution >= 4 is 23.6 Å². The summed E-state index contributed by atoms with van der Waals surface area (Å²) < 4.78 is 0. The molecule has 0 heterocycles. The highest BCUT2D eigenvalue weighted by Crippen LogP contribution is 2.50. The van der Waals surface area contributed by atoms with Crippen molar-refractivity contribution in [2.75, 3.05) is 18.1 Å². The third-order valence-corrected chi connectivity index (χ3v) is 3.82. The molecule has 0 aromatic carbocycles. The largest absolute Gasteiger partial charge is 0.481 e. The predicted molar refractivity (Wildman–Crippen MR) is 59.9 cm³/mol. The predicted octanol–water partition coefficient (Wildman–Crippen LogP) is 1.11. The van der Waals surface area contributed by atoms with Crippen molar-refractivity contribution in [1.29, 1.82) is 0 Å². The number of carboxylic acid groups (broad SMARTS) is 1. The van der Waals surface area contributed by atoms with Gasteiger partial charge in [0.05, 0.1) is 6.42 Å². The zero-order valence-electron chi connectivity index (χ0n) is 8.91. The topological polar surface area (TPSA) is 66.4 Å². The Hall–Kier alpha value is -0.710. The zero-order valence-corrected chi connectivity index (χ0v) is 9.73. The number of carbonyl (C=O) groups excluding carboxylic acids is 1. The van der Waals surface area contributed by atoms with Crippen molar-refractivity contribution < 1.29 is 14.7 Å². The maximum atomic E-state index is 10.6. The summed E-state index contributed by atoms with van der Waals surface area (Å²) in [5.41, 5.74) is 0.0622. The molecule has 1 fully saturated rings. The Bertz CT molecular complexity index is 251. The van der Waals surface area contributed by atoms with Crippen molar-refractivity contribution in [2.45, 2.75) is 26.2 Å². The molecule has 0 unspecified atom stereocenters. The van der Waals surface area contributed by atoms with E-state index in [1.807, 2.05) is 0 Å². The van der Waals surface area contributed by atoms with Crippen LogP contribution in [0.2, 0.25) is 0 Å². The highest BCUT2D eigenvalue weighted by Gasteiger charge is 2.43. The van der Waals surface area contributed by atoms with E-state index in [1.165, 1.54) is 6.92 Å². The van der Waals surface area contributed by atoms with Crippen molar-refractivity contribution in [1.82, 2.24) is 5.32 Å². The second-order valence-electron chi connectivity index (χ2n) is 4.11. The van der Waals surface area contributed by atoms with E-state index in [0.29, 0.717) is 13.0 Å². The fourth-order valence-electron chi connectivity index (χ4n) is 1.46. The second kappa shape index (κ2) is 5.39. The lowest BCUT2D eigenvalue weighted by Crippen LogP contribution is -2.23. The first-order chi connectivity index (χ1) is 7.04. The van der Waals surface area contributed by atoms with Crippen molar-refractivity contribution in [3.05, 3.63) is 0 Å². The van der Waals surface area contributed by atoms with Crippen LogP contribution in [0.1, 0.15) is 26.2 Å². The molecule has 1 amide bonds. The molecule has 1 aliphatic carbocycles. The number of rotatable bonds is 7. The van der Waals surface area contributed by atoms with E-state index >= 15 is 0 Å². The normalized spacial score (nSPS) is 17.1. The van der Waals surface area contributed by atoms with Crippen molar-refractivity contribution in [3.8, 4) is 0 Å². The van der Waals surface area contributed by atoms with Crippen LogP contribution in [0, 0.1) is 5.41 Å². The molecule has 0 aromatic rings. The quantitative estimate of drug-likeness (QED) is 0.644. The van der Waals surface area contributed by atoms with Crippen LogP contribution in [-0.2, 0) is 9.59 Å². The molecule has 0 saturated heterocycles. The number of carbonyl (C=O) groups is 2. The lowest BCUT2D eigenvalue weighted by atomic mass is 10.1. The molecule has 0 atom stereocenters. The summed E-state index contributed by atoms with van der Waals surface area (Å²) in [6, 6.07) is 0. The molecular formula is C10H17NO3S. The molecule has 0 spiro atoms. The Labute approximate surface area is 93.8 Å². The fourth-order valence-corrected chi connectivity index (χ4v) is 2.67. The van der Waals surface area contributed by atoms with Gasteiger partial charge >= 0.3 is 5.97 Å². The van der Waals surface area contributed by atoms with Crippen LogP contribution >= 0.6 is 11.8 Å². The number of amides is 1. The van der Waals surface area contributed by atoms with E-state index in [9.17, 15) is 9.59 Å². The molecule has 4 nitrogen and oxygen atoms in total. The summed E-state index contributed by atoms with van der Waals surface area (Å²) in [5.74, 6) is 1.05. The van der Waals surface area contributed by atoms with E-state index in [2.05, 4.69) is 5.32 Å².